The van der Waals surface area contributed by atoms with Gasteiger partial charge < -0.3 is 5.32 Å². The van der Waals surface area contributed by atoms with Crippen LogP contribution in [0.3, 0.4) is 0 Å². The third-order valence-electron chi connectivity index (χ3n) is 4.66. The maximum Gasteiger partial charge on any atom is 0.00383 e. The van der Waals surface area contributed by atoms with E-state index in [9.17, 15) is 0 Å². The summed E-state index contributed by atoms with van der Waals surface area (Å²) < 4.78 is 0. The second-order valence-corrected chi connectivity index (χ2v) is 5.93. The fourth-order valence-corrected chi connectivity index (χ4v) is 2.97. The Kier molecular flexibility index (Phi) is 5.11. The van der Waals surface area contributed by atoms with Gasteiger partial charge in [-0.15, -0.1) is 0 Å². The second kappa shape index (κ2) is 5.89. The Bertz CT molecular complexity index is 178. The summed E-state index contributed by atoms with van der Waals surface area (Å²) in [5.41, 5.74) is 0. The van der Waals surface area contributed by atoms with Crippen molar-refractivity contribution in [2.45, 2.75) is 59.4 Å². The lowest BCUT2D eigenvalue weighted by atomic mass is 9.70. The van der Waals surface area contributed by atoms with Gasteiger partial charge in [0, 0.05) is 6.04 Å². The van der Waals surface area contributed by atoms with Crippen LogP contribution in [0.25, 0.3) is 0 Å². The van der Waals surface area contributed by atoms with Gasteiger partial charge in [-0.25, -0.2) is 0 Å². The fraction of sp³-hybridized carbons (Fsp3) is 1.00. The molecule has 0 aromatic heterocycles. The summed E-state index contributed by atoms with van der Waals surface area (Å²) in [5, 5.41) is 3.35. The van der Waals surface area contributed by atoms with Gasteiger partial charge in [-0.1, -0.05) is 27.2 Å². The first-order valence-corrected chi connectivity index (χ1v) is 6.71. The van der Waals surface area contributed by atoms with E-state index >= 15 is 0 Å². The SMILES string of the molecule is CNC(C)CC(C)C1CCC(C)C(C)C1. The molecule has 1 aliphatic rings. The number of nitrogens with one attached hydrogen (secondary N) is 1. The van der Waals surface area contributed by atoms with Crippen LogP contribution in [0.15, 0.2) is 0 Å². The van der Waals surface area contributed by atoms with Crippen LogP contribution in [0.4, 0.5) is 0 Å². The Morgan fingerprint density at radius 3 is 2.33 bits per heavy atom. The zero-order valence-corrected chi connectivity index (χ0v) is 11.2. The summed E-state index contributed by atoms with van der Waals surface area (Å²) in [7, 11) is 2.07. The van der Waals surface area contributed by atoms with Gasteiger partial charge in [-0.3, -0.25) is 0 Å². The van der Waals surface area contributed by atoms with Crippen molar-refractivity contribution in [3.63, 3.8) is 0 Å². The fourth-order valence-electron chi connectivity index (χ4n) is 2.97. The van der Waals surface area contributed by atoms with E-state index in [4.69, 9.17) is 0 Å². The smallest absolute Gasteiger partial charge is 0.00383 e. The van der Waals surface area contributed by atoms with Gasteiger partial charge in [0.2, 0.25) is 0 Å². The molecule has 0 bridgehead atoms. The van der Waals surface area contributed by atoms with Crippen molar-refractivity contribution in [3.8, 4) is 0 Å². The van der Waals surface area contributed by atoms with E-state index < -0.39 is 0 Å². The molecule has 90 valence electrons. The number of hydrogen-bond acceptors (Lipinski definition) is 1. The van der Waals surface area contributed by atoms with E-state index in [0.29, 0.717) is 6.04 Å². The molecule has 0 heterocycles. The molecule has 0 aromatic carbocycles. The van der Waals surface area contributed by atoms with Crippen LogP contribution in [-0.2, 0) is 0 Å². The molecule has 1 rings (SSSR count). The maximum absolute atomic E-state index is 3.35. The van der Waals surface area contributed by atoms with E-state index in [0.717, 1.165) is 23.7 Å². The summed E-state index contributed by atoms with van der Waals surface area (Å²) in [6.45, 7) is 9.60. The highest BCUT2D eigenvalue weighted by molar-refractivity contribution is 4.79. The molecule has 15 heavy (non-hydrogen) atoms. The largest absolute Gasteiger partial charge is 0.317 e. The monoisotopic (exact) mass is 211 g/mol. The summed E-state index contributed by atoms with van der Waals surface area (Å²) >= 11 is 0. The normalized spacial score (nSPS) is 36.2. The van der Waals surface area contributed by atoms with Gasteiger partial charge in [-0.2, -0.15) is 0 Å². The molecule has 1 saturated carbocycles. The van der Waals surface area contributed by atoms with Crippen molar-refractivity contribution in [2.24, 2.45) is 23.7 Å². The van der Waals surface area contributed by atoms with Crippen molar-refractivity contribution in [1.29, 1.82) is 0 Å². The minimum absolute atomic E-state index is 0.676. The van der Waals surface area contributed by atoms with Crippen LogP contribution >= 0.6 is 0 Å². The number of hydrogen-bond donors (Lipinski definition) is 1. The van der Waals surface area contributed by atoms with Crippen molar-refractivity contribution in [2.75, 3.05) is 7.05 Å². The molecule has 1 fully saturated rings. The molecule has 0 aromatic rings. The van der Waals surface area contributed by atoms with E-state index in [2.05, 4.69) is 40.1 Å². The van der Waals surface area contributed by atoms with Gasteiger partial charge in [0.1, 0.15) is 0 Å². The van der Waals surface area contributed by atoms with Crippen molar-refractivity contribution in [3.05, 3.63) is 0 Å². The van der Waals surface area contributed by atoms with Gasteiger partial charge in [0.25, 0.3) is 0 Å². The second-order valence-electron chi connectivity index (χ2n) is 5.93. The lowest BCUT2D eigenvalue weighted by molar-refractivity contribution is 0.153. The molecule has 1 N–H and O–H groups in total. The third-order valence-corrected chi connectivity index (χ3v) is 4.66. The van der Waals surface area contributed by atoms with Gasteiger partial charge >= 0.3 is 0 Å². The third kappa shape index (κ3) is 3.79. The average molecular weight is 211 g/mol. The Morgan fingerprint density at radius 2 is 1.80 bits per heavy atom. The zero-order chi connectivity index (χ0) is 11.4. The predicted molar refractivity (Wildman–Crippen MR) is 68.0 cm³/mol. The zero-order valence-electron chi connectivity index (χ0n) is 11.2. The van der Waals surface area contributed by atoms with E-state index in [1.165, 1.54) is 25.7 Å². The van der Waals surface area contributed by atoms with Crippen molar-refractivity contribution >= 4 is 0 Å². The Hall–Kier alpha value is -0.0400. The van der Waals surface area contributed by atoms with Crippen LogP contribution in [-0.4, -0.2) is 13.1 Å². The Labute approximate surface area is 96.0 Å². The van der Waals surface area contributed by atoms with Crippen LogP contribution in [0.2, 0.25) is 0 Å². The first-order chi connectivity index (χ1) is 7.04. The highest BCUT2D eigenvalue weighted by Gasteiger charge is 2.28. The predicted octanol–water partition coefficient (Wildman–Crippen LogP) is 3.69. The average Bonchev–Trinajstić information content (AvgIpc) is 2.21. The minimum atomic E-state index is 0.676. The van der Waals surface area contributed by atoms with E-state index in [1.807, 2.05) is 0 Å². The lowest BCUT2D eigenvalue weighted by Crippen LogP contribution is -2.30. The standard InChI is InChI=1S/C14H29N/c1-10-6-7-14(9-11(10)2)12(3)8-13(4)15-5/h10-15H,6-9H2,1-5H3. The van der Waals surface area contributed by atoms with Crippen LogP contribution < -0.4 is 5.32 Å². The topological polar surface area (TPSA) is 12.0 Å². The molecule has 0 radical (unpaired) electrons. The molecular formula is C14H29N. The summed E-state index contributed by atoms with van der Waals surface area (Å²) in [6.07, 6.45) is 5.70. The highest BCUT2D eigenvalue weighted by atomic mass is 14.8. The number of rotatable bonds is 4. The minimum Gasteiger partial charge on any atom is -0.317 e. The van der Waals surface area contributed by atoms with Crippen LogP contribution in [0, 0.1) is 23.7 Å². The summed E-state index contributed by atoms with van der Waals surface area (Å²) in [4.78, 5) is 0. The van der Waals surface area contributed by atoms with Gasteiger partial charge in [0.05, 0.1) is 0 Å². The molecule has 1 nitrogen and oxygen atoms in total. The van der Waals surface area contributed by atoms with Crippen molar-refractivity contribution in [1.82, 2.24) is 5.32 Å². The van der Waals surface area contributed by atoms with Gasteiger partial charge in [0.15, 0.2) is 0 Å². The molecule has 1 heteroatoms. The van der Waals surface area contributed by atoms with Crippen LogP contribution in [0.1, 0.15) is 53.4 Å². The first kappa shape index (κ1) is 13.0. The van der Waals surface area contributed by atoms with E-state index in [-0.39, 0.29) is 0 Å². The Balaban J connectivity index is 2.37. The maximum atomic E-state index is 3.35. The first-order valence-electron chi connectivity index (χ1n) is 6.71. The van der Waals surface area contributed by atoms with Crippen LogP contribution in [0.5, 0.6) is 0 Å². The molecule has 0 amide bonds. The molecule has 5 unspecified atom stereocenters. The van der Waals surface area contributed by atoms with Crippen molar-refractivity contribution < 1.29 is 0 Å². The quantitative estimate of drug-likeness (QED) is 0.748. The van der Waals surface area contributed by atoms with E-state index in [1.54, 1.807) is 0 Å². The lowest BCUT2D eigenvalue weighted by Gasteiger charge is -2.36. The Morgan fingerprint density at radius 1 is 1.13 bits per heavy atom. The molecule has 1 aliphatic carbocycles. The molecule has 0 saturated heterocycles. The molecular weight excluding hydrogens is 182 g/mol. The molecule has 0 aliphatic heterocycles. The molecule has 0 spiro atoms. The van der Waals surface area contributed by atoms with Gasteiger partial charge in [-0.05, 0) is 56.9 Å². The summed E-state index contributed by atoms with van der Waals surface area (Å²) in [5.74, 6) is 3.76. The molecule has 5 atom stereocenters. The summed E-state index contributed by atoms with van der Waals surface area (Å²) in [6, 6.07) is 0.676. The highest BCUT2D eigenvalue weighted by Crippen LogP contribution is 2.38.